The van der Waals surface area contributed by atoms with E-state index in [1.165, 1.54) is 0 Å². The van der Waals surface area contributed by atoms with Gasteiger partial charge < -0.3 is 15.8 Å². The first-order chi connectivity index (χ1) is 10.2. The van der Waals surface area contributed by atoms with Gasteiger partial charge in [0.1, 0.15) is 5.75 Å². The van der Waals surface area contributed by atoms with Crippen LogP contribution in [0.3, 0.4) is 0 Å². The number of benzene rings is 2. The lowest BCUT2D eigenvalue weighted by Gasteiger charge is -2.15. The average molecular weight is 398 g/mol. The van der Waals surface area contributed by atoms with E-state index < -0.39 is 0 Å². The van der Waals surface area contributed by atoms with E-state index in [9.17, 15) is 4.79 Å². The van der Waals surface area contributed by atoms with Crippen molar-refractivity contribution in [2.75, 3.05) is 24.6 Å². The van der Waals surface area contributed by atoms with Gasteiger partial charge >= 0.3 is 0 Å². The van der Waals surface area contributed by atoms with Crippen molar-refractivity contribution >= 4 is 39.3 Å². The van der Waals surface area contributed by atoms with Crippen molar-refractivity contribution in [3.63, 3.8) is 0 Å². The number of methoxy groups -OCH3 is 1. The molecule has 2 rings (SSSR count). The number of hydrogen-bond acceptors (Lipinski definition) is 3. The van der Waals surface area contributed by atoms with Crippen molar-refractivity contribution in [3.05, 3.63) is 42.0 Å². The molecule has 1 atom stereocenters. The van der Waals surface area contributed by atoms with Gasteiger partial charge in [-0.1, -0.05) is 46.9 Å². The summed E-state index contributed by atoms with van der Waals surface area (Å²) in [5.74, 6) is 0.716. The fraction of sp³-hybridized carbons (Fsp3) is 0.312. The maximum Gasteiger partial charge on any atom is 0.228 e. The molecule has 2 aromatic carbocycles. The molecule has 1 unspecified atom stereocenters. The van der Waals surface area contributed by atoms with Crippen molar-refractivity contribution < 1.29 is 9.53 Å². The highest BCUT2D eigenvalue weighted by molar-refractivity contribution is 14.1. The average Bonchev–Trinajstić information content (AvgIpc) is 2.53. The van der Waals surface area contributed by atoms with Crippen LogP contribution in [-0.4, -0.2) is 30.5 Å². The van der Waals surface area contributed by atoms with E-state index in [1.54, 1.807) is 7.11 Å². The van der Waals surface area contributed by atoms with Crippen molar-refractivity contribution in [1.82, 2.24) is 5.32 Å². The summed E-state index contributed by atoms with van der Waals surface area (Å²) in [6.45, 7) is 0.966. The molecule has 1 amide bonds. The molecule has 0 aromatic heterocycles. The number of rotatable bonds is 6. The van der Waals surface area contributed by atoms with Gasteiger partial charge in [-0.05, 0) is 28.5 Å². The van der Waals surface area contributed by atoms with Gasteiger partial charge in [-0.2, -0.15) is 0 Å². The summed E-state index contributed by atoms with van der Waals surface area (Å²) in [5.41, 5.74) is 6.45. The van der Waals surface area contributed by atoms with Gasteiger partial charge in [0.15, 0.2) is 0 Å². The second-order valence-electron chi connectivity index (χ2n) is 4.76. The molecule has 5 heteroatoms. The van der Waals surface area contributed by atoms with E-state index in [0.29, 0.717) is 13.1 Å². The van der Waals surface area contributed by atoms with Crippen LogP contribution >= 0.6 is 22.6 Å². The Morgan fingerprint density at radius 1 is 1.29 bits per heavy atom. The SMILES string of the molecule is COc1ccc2cc(C(CI)C(=O)NCCN)ccc2c1. The molecule has 0 spiro atoms. The lowest BCUT2D eigenvalue weighted by Crippen LogP contribution is -2.33. The maximum atomic E-state index is 12.2. The van der Waals surface area contributed by atoms with Gasteiger partial charge in [0.25, 0.3) is 0 Å². The van der Waals surface area contributed by atoms with Crippen LogP contribution in [0.1, 0.15) is 11.5 Å². The molecule has 0 heterocycles. The number of hydrogen-bond donors (Lipinski definition) is 2. The number of halogens is 1. The van der Waals surface area contributed by atoms with Crippen LogP contribution in [0.25, 0.3) is 10.8 Å². The number of ether oxygens (including phenoxy) is 1. The fourth-order valence-corrected chi connectivity index (χ4v) is 3.12. The van der Waals surface area contributed by atoms with Crippen LogP contribution in [0.5, 0.6) is 5.75 Å². The maximum absolute atomic E-state index is 12.2. The standard InChI is InChI=1S/C16H19IN2O2/c1-21-14-5-4-11-8-13(3-2-12(11)9-14)15(10-17)16(20)19-7-6-18/h2-5,8-9,15H,6-7,10,18H2,1H3,(H,19,20). The molecule has 3 N–H and O–H groups in total. The molecule has 0 saturated carbocycles. The molecule has 112 valence electrons. The van der Waals surface area contributed by atoms with Gasteiger partial charge in [0.05, 0.1) is 13.0 Å². The Kier molecular flexibility index (Phi) is 5.81. The Balaban J connectivity index is 2.29. The van der Waals surface area contributed by atoms with E-state index in [1.807, 2.05) is 30.3 Å². The van der Waals surface area contributed by atoms with Crippen molar-refractivity contribution in [2.24, 2.45) is 5.73 Å². The molecular weight excluding hydrogens is 379 g/mol. The highest BCUT2D eigenvalue weighted by Gasteiger charge is 2.19. The Bertz CT molecular complexity index is 631. The number of carbonyl (C=O) groups is 1. The van der Waals surface area contributed by atoms with Crippen LogP contribution in [-0.2, 0) is 4.79 Å². The molecule has 0 radical (unpaired) electrons. The summed E-state index contributed by atoms with van der Waals surface area (Å²) >= 11 is 2.24. The third-order valence-corrected chi connectivity index (χ3v) is 4.27. The van der Waals surface area contributed by atoms with E-state index in [0.717, 1.165) is 26.5 Å². The van der Waals surface area contributed by atoms with Gasteiger partial charge in [0, 0.05) is 17.5 Å². The Hall–Kier alpha value is -1.34. The number of fused-ring (bicyclic) bond motifs is 1. The molecule has 0 aliphatic carbocycles. The first-order valence-electron chi connectivity index (χ1n) is 6.81. The van der Waals surface area contributed by atoms with Crippen LogP contribution in [0.4, 0.5) is 0 Å². The molecule has 21 heavy (non-hydrogen) atoms. The predicted octanol–water partition coefficient (Wildman–Crippen LogP) is 2.44. The normalized spacial score (nSPS) is 12.1. The fourth-order valence-electron chi connectivity index (χ4n) is 2.22. The van der Waals surface area contributed by atoms with Gasteiger partial charge in [-0.15, -0.1) is 0 Å². The van der Waals surface area contributed by atoms with E-state index in [-0.39, 0.29) is 11.8 Å². The summed E-state index contributed by atoms with van der Waals surface area (Å²) in [4.78, 5) is 12.2. The van der Waals surface area contributed by atoms with Crippen LogP contribution in [0, 0.1) is 0 Å². The number of amides is 1. The molecule has 2 aromatic rings. The number of nitrogens with one attached hydrogen (secondary N) is 1. The highest BCUT2D eigenvalue weighted by Crippen LogP contribution is 2.26. The summed E-state index contributed by atoms with van der Waals surface area (Å²) < 4.78 is 5.96. The van der Waals surface area contributed by atoms with Crippen LogP contribution < -0.4 is 15.8 Å². The molecule has 0 fully saturated rings. The lowest BCUT2D eigenvalue weighted by atomic mass is 9.97. The first kappa shape index (κ1) is 16.0. The zero-order chi connectivity index (χ0) is 15.2. The zero-order valence-electron chi connectivity index (χ0n) is 11.9. The first-order valence-corrected chi connectivity index (χ1v) is 8.33. The highest BCUT2D eigenvalue weighted by atomic mass is 127. The lowest BCUT2D eigenvalue weighted by molar-refractivity contribution is -0.121. The van der Waals surface area contributed by atoms with Gasteiger partial charge in [-0.25, -0.2) is 0 Å². The zero-order valence-corrected chi connectivity index (χ0v) is 14.1. The van der Waals surface area contributed by atoms with Crippen molar-refractivity contribution in [2.45, 2.75) is 5.92 Å². The summed E-state index contributed by atoms with van der Waals surface area (Å²) in [7, 11) is 1.66. The van der Waals surface area contributed by atoms with Gasteiger partial charge in [-0.3, -0.25) is 4.79 Å². The Morgan fingerprint density at radius 2 is 2.00 bits per heavy atom. The number of nitrogens with two attached hydrogens (primary N) is 1. The van der Waals surface area contributed by atoms with Crippen LogP contribution in [0.2, 0.25) is 0 Å². The van der Waals surface area contributed by atoms with Crippen molar-refractivity contribution in [3.8, 4) is 5.75 Å². The number of alkyl halides is 1. The summed E-state index contributed by atoms with van der Waals surface area (Å²) in [5, 5.41) is 5.07. The van der Waals surface area contributed by atoms with Crippen molar-refractivity contribution in [1.29, 1.82) is 0 Å². The molecule has 0 saturated heterocycles. The quantitative estimate of drug-likeness (QED) is 0.581. The minimum absolute atomic E-state index is 0.0303. The van der Waals surface area contributed by atoms with E-state index >= 15 is 0 Å². The van der Waals surface area contributed by atoms with E-state index in [2.05, 4.69) is 34.0 Å². The smallest absolute Gasteiger partial charge is 0.228 e. The second-order valence-corrected chi connectivity index (χ2v) is 5.64. The predicted molar refractivity (Wildman–Crippen MR) is 94.2 cm³/mol. The topological polar surface area (TPSA) is 64.3 Å². The minimum Gasteiger partial charge on any atom is -0.497 e. The molecule has 4 nitrogen and oxygen atoms in total. The van der Waals surface area contributed by atoms with Gasteiger partial charge in [0.2, 0.25) is 5.91 Å². The summed E-state index contributed by atoms with van der Waals surface area (Å²) in [6.07, 6.45) is 0. The molecule has 0 aliphatic rings. The number of carbonyl (C=O) groups excluding carboxylic acids is 1. The third kappa shape index (κ3) is 3.85. The van der Waals surface area contributed by atoms with E-state index in [4.69, 9.17) is 10.5 Å². The molecule has 0 aliphatic heterocycles. The van der Waals surface area contributed by atoms with Crippen LogP contribution in [0.15, 0.2) is 36.4 Å². The minimum atomic E-state index is -0.149. The monoisotopic (exact) mass is 398 g/mol. The summed E-state index contributed by atoms with van der Waals surface area (Å²) in [6, 6.07) is 12.0. The second kappa shape index (κ2) is 7.61. The largest absolute Gasteiger partial charge is 0.497 e. The molecular formula is C16H19IN2O2. The molecule has 0 bridgehead atoms. The Labute approximate surface area is 138 Å². The Morgan fingerprint density at radius 3 is 2.67 bits per heavy atom. The third-order valence-electron chi connectivity index (χ3n) is 3.39.